The molecule has 1 atom stereocenters. The average Bonchev–Trinajstić information content (AvgIpc) is 3.22. The van der Waals surface area contributed by atoms with Gasteiger partial charge in [-0.1, -0.05) is 19.1 Å². The lowest BCUT2D eigenvalue weighted by molar-refractivity contribution is -0.128. The van der Waals surface area contributed by atoms with Gasteiger partial charge in [0.1, 0.15) is 0 Å². The number of hydrogen-bond acceptors (Lipinski definition) is 2. The molecule has 0 unspecified atom stereocenters. The summed E-state index contributed by atoms with van der Waals surface area (Å²) in [4.78, 5) is 25.9. The molecule has 0 spiro atoms. The zero-order chi connectivity index (χ0) is 14.1. The highest BCUT2D eigenvalue weighted by atomic mass is 16.2. The van der Waals surface area contributed by atoms with E-state index in [1.807, 2.05) is 29.2 Å². The van der Waals surface area contributed by atoms with E-state index in [9.17, 15) is 9.59 Å². The third-order valence-electron chi connectivity index (χ3n) is 4.15. The van der Waals surface area contributed by atoms with Crippen molar-refractivity contribution in [3.05, 3.63) is 29.8 Å². The Morgan fingerprint density at radius 1 is 1.30 bits per heavy atom. The standard InChI is InChI=1S/C16H20N2O2/c1-2-11-3-5-13(6-4-11)17-16(20)12-9-15(19)18(10-12)14-7-8-14/h3-6,12,14H,2,7-10H2,1H3,(H,17,20)/t12-/m0/s1. The summed E-state index contributed by atoms with van der Waals surface area (Å²) >= 11 is 0. The Labute approximate surface area is 119 Å². The summed E-state index contributed by atoms with van der Waals surface area (Å²) in [6, 6.07) is 8.29. The van der Waals surface area contributed by atoms with Crippen LogP contribution in [-0.2, 0) is 16.0 Å². The van der Waals surface area contributed by atoms with Crippen LogP contribution in [0.15, 0.2) is 24.3 Å². The molecule has 20 heavy (non-hydrogen) atoms. The average molecular weight is 272 g/mol. The SMILES string of the molecule is CCc1ccc(NC(=O)[C@H]2CC(=O)N(C3CC3)C2)cc1. The number of anilines is 1. The molecule has 3 rings (SSSR count). The summed E-state index contributed by atoms with van der Waals surface area (Å²) in [5.74, 6) is -0.103. The van der Waals surface area contributed by atoms with Gasteiger partial charge in [0.25, 0.3) is 0 Å². The van der Waals surface area contributed by atoms with E-state index in [1.165, 1.54) is 5.56 Å². The molecule has 1 saturated heterocycles. The highest BCUT2D eigenvalue weighted by Crippen LogP contribution is 2.32. The smallest absolute Gasteiger partial charge is 0.229 e. The first-order valence-corrected chi connectivity index (χ1v) is 7.36. The molecule has 4 heteroatoms. The van der Waals surface area contributed by atoms with E-state index in [-0.39, 0.29) is 17.7 Å². The van der Waals surface area contributed by atoms with Crippen LogP contribution in [0.3, 0.4) is 0 Å². The second-order valence-electron chi connectivity index (χ2n) is 5.72. The number of likely N-dealkylation sites (tertiary alicyclic amines) is 1. The van der Waals surface area contributed by atoms with Crippen molar-refractivity contribution in [2.45, 2.75) is 38.6 Å². The summed E-state index contributed by atoms with van der Waals surface area (Å²) in [6.07, 6.45) is 3.54. The van der Waals surface area contributed by atoms with Crippen molar-refractivity contribution in [1.82, 2.24) is 4.90 Å². The number of hydrogen-bond donors (Lipinski definition) is 1. The molecule has 1 aliphatic heterocycles. The van der Waals surface area contributed by atoms with Gasteiger partial charge in [-0.25, -0.2) is 0 Å². The van der Waals surface area contributed by atoms with Crippen molar-refractivity contribution in [3.8, 4) is 0 Å². The van der Waals surface area contributed by atoms with Gasteiger partial charge in [-0.05, 0) is 37.0 Å². The first-order chi connectivity index (χ1) is 9.67. The monoisotopic (exact) mass is 272 g/mol. The molecule has 2 amide bonds. The summed E-state index contributed by atoms with van der Waals surface area (Å²) in [6.45, 7) is 2.69. The fraction of sp³-hybridized carbons (Fsp3) is 0.500. The Morgan fingerprint density at radius 2 is 2.00 bits per heavy atom. The maximum absolute atomic E-state index is 12.2. The van der Waals surface area contributed by atoms with Gasteiger partial charge in [0, 0.05) is 24.7 Å². The van der Waals surface area contributed by atoms with Crippen molar-refractivity contribution in [1.29, 1.82) is 0 Å². The van der Waals surface area contributed by atoms with Crippen molar-refractivity contribution in [2.24, 2.45) is 5.92 Å². The highest BCUT2D eigenvalue weighted by Gasteiger charge is 2.41. The molecule has 2 fully saturated rings. The van der Waals surface area contributed by atoms with Gasteiger partial charge in [-0.15, -0.1) is 0 Å². The van der Waals surface area contributed by atoms with Crippen molar-refractivity contribution in [3.63, 3.8) is 0 Å². The predicted octanol–water partition coefficient (Wildman–Crippen LogP) is 2.20. The quantitative estimate of drug-likeness (QED) is 0.913. The number of carbonyl (C=O) groups excluding carboxylic acids is 2. The minimum absolute atomic E-state index is 0.0363. The van der Waals surface area contributed by atoms with E-state index in [1.54, 1.807) is 0 Å². The van der Waals surface area contributed by atoms with Crippen LogP contribution in [0, 0.1) is 5.92 Å². The van der Waals surface area contributed by atoms with Gasteiger partial charge in [-0.2, -0.15) is 0 Å². The van der Waals surface area contributed by atoms with Gasteiger partial charge in [-0.3, -0.25) is 9.59 Å². The van der Waals surface area contributed by atoms with Gasteiger partial charge in [0.15, 0.2) is 0 Å². The van der Waals surface area contributed by atoms with Gasteiger partial charge >= 0.3 is 0 Å². The molecular weight excluding hydrogens is 252 g/mol. The Morgan fingerprint density at radius 3 is 2.60 bits per heavy atom. The van der Waals surface area contributed by atoms with Crippen LogP contribution in [0.2, 0.25) is 0 Å². The van der Waals surface area contributed by atoms with E-state index in [4.69, 9.17) is 0 Å². The van der Waals surface area contributed by atoms with Crippen LogP contribution in [0.25, 0.3) is 0 Å². The molecule has 1 aromatic rings. The maximum Gasteiger partial charge on any atom is 0.229 e. The lowest BCUT2D eigenvalue weighted by atomic mass is 10.1. The topological polar surface area (TPSA) is 49.4 Å². The molecule has 2 aliphatic rings. The fourth-order valence-electron chi connectivity index (χ4n) is 2.71. The molecule has 4 nitrogen and oxygen atoms in total. The molecule has 1 saturated carbocycles. The predicted molar refractivity (Wildman–Crippen MR) is 77.3 cm³/mol. The first kappa shape index (κ1) is 13.2. The molecule has 1 aromatic carbocycles. The molecule has 1 aliphatic carbocycles. The second kappa shape index (κ2) is 5.27. The van der Waals surface area contributed by atoms with Crippen LogP contribution in [-0.4, -0.2) is 29.3 Å². The summed E-state index contributed by atoms with van der Waals surface area (Å²) in [5, 5.41) is 2.92. The van der Waals surface area contributed by atoms with Crippen LogP contribution in [0.4, 0.5) is 5.69 Å². The van der Waals surface area contributed by atoms with Crippen molar-refractivity contribution in [2.75, 3.05) is 11.9 Å². The number of benzene rings is 1. The summed E-state index contributed by atoms with van der Waals surface area (Å²) in [7, 11) is 0. The minimum atomic E-state index is -0.200. The molecule has 1 heterocycles. The van der Waals surface area contributed by atoms with E-state index in [2.05, 4.69) is 12.2 Å². The third kappa shape index (κ3) is 2.69. The lowest BCUT2D eigenvalue weighted by Crippen LogP contribution is -2.29. The van der Waals surface area contributed by atoms with Crippen molar-refractivity contribution >= 4 is 17.5 Å². The summed E-state index contributed by atoms with van der Waals surface area (Å²) in [5.41, 5.74) is 2.06. The zero-order valence-corrected chi connectivity index (χ0v) is 11.8. The maximum atomic E-state index is 12.2. The zero-order valence-electron chi connectivity index (χ0n) is 11.8. The fourth-order valence-corrected chi connectivity index (χ4v) is 2.71. The third-order valence-corrected chi connectivity index (χ3v) is 4.15. The molecule has 106 valence electrons. The van der Waals surface area contributed by atoms with E-state index < -0.39 is 0 Å². The highest BCUT2D eigenvalue weighted by molar-refractivity contribution is 5.97. The number of nitrogens with zero attached hydrogens (tertiary/aromatic N) is 1. The van der Waals surface area contributed by atoms with Gasteiger partial charge in [0.05, 0.1) is 5.92 Å². The Bertz CT molecular complexity index is 520. The normalized spacial score (nSPS) is 22.1. The Hall–Kier alpha value is -1.84. The molecule has 0 aromatic heterocycles. The minimum Gasteiger partial charge on any atom is -0.339 e. The van der Waals surface area contributed by atoms with Crippen LogP contribution in [0.1, 0.15) is 31.7 Å². The molecular formula is C16H20N2O2. The largest absolute Gasteiger partial charge is 0.339 e. The number of nitrogens with one attached hydrogen (secondary N) is 1. The molecule has 0 radical (unpaired) electrons. The van der Waals surface area contributed by atoms with Gasteiger partial charge < -0.3 is 10.2 Å². The first-order valence-electron chi connectivity index (χ1n) is 7.36. The van der Waals surface area contributed by atoms with E-state index >= 15 is 0 Å². The summed E-state index contributed by atoms with van der Waals surface area (Å²) < 4.78 is 0. The Balaban J connectivity index is 1.60. The number of carbonyl (C=O) groups is 2. The molecule has 0 bridgehead atoms. The van der Waals surface area contributed by atoms with Gasteiger partial charge in [0.2, 0.25) is 11.8 Å². The van der Waals surface area contributed by atoms with E-state index in [0.717, 1.165) is 24.9 Å². The van der Waals surface area contributed by atoms with Crippen LogP contribution < -0.4 is 5.32 Å². The number of aryl methyl sites for hydroxylation is 1. The Kier molecular flexibility index (Phi) is 3.47. The van der Waals surface area contributed by atoms with E-state index in [0.29, 0.717) is 19.0 Å². The number of amides is 2. The van der Waals surface area contributed by atoms with Crippen LogP contribution >= 0.6 is 0 Å². The number of rotatable bonds is 4. The van der Waals surface area contributed by atoms with Crippen molar-refractivity contribution < 1.29 is 9.59 Å². The molecule has 1 N–H and O–H groups in total. The lowest BCUT2D eigenvalue weighted by Gasteiger charge is -2.15. The van der Waals surface area contributed by atoms with Crippen LogP contribution in [0.5, 0.6) is 0 Å². The second-order valence-corrected chi connectivity index (χ2v) is 5.72.